The molecule has 58 heavy (non-hydrogen) atoms. The molecule has 0 atom stereocenters. The molecule has 1 saturated carbocycles. The number of nitrogens with one attached hydrogen (secondary N) is 1. The molecule has 1 aliphatic heterocycles. The molecule has 1 aliphatic carbocycles. The van der Waals surface area contributed by atoms with Crippen LogP contribution in [0.15, 0.2) is 72.4 Å². The van der Waals surface area contributed by atoms with Crippen LogP contribution in [0, 0.1) is 24.0 Å². The van der Waals surface area contributed by atoms with Crippen molar-refractivity contribution in [2.75, 3.05) is 45.8 Å². The van der Waals surface area contributed by atoms with Gasteiger partial charge in [0.2, 0.25) is 5.82 Å². The number of ether oxygens (including phenoxy) is 2. The van der Waals surface area contributed by atoms with Crippen molar-refractivity contribution in [3.63, 3.8) is 0 Å². The highest BCUT2D eigenvalue weighted by Gasteiger charge is 2.52. The summed E-state index contributed by atoms with van der Waals surface area (Å²) in [5.74, 6) is -9.46. The number of halogens is 7. The van der Waals surface area contributed by atoms with Gasteiger partial charge in [0.15, 0.2) is 11.6 Å². The van der Waals surface area contributed by atoms with Gasteiger partial charge in [0.1, 0.15) is 30.0 Å². The van der Waals surface area contributed by atoms with E-state index in [-0.39, 0.29) is 53.4 Å². The molecule has 0 saturated heterocycles. The van der Waals surface area contributed by atoms with Crippen LogP contribution in [-0.2, 0) is 33.0 Å². The van der Waals surface area contributed by atoms with Gasteiger partial charge in [-0.15, -0.1) is 6.58 Å². The fourth-order valence-corrected chi connectivity index (χ4v) is 7.45. The number of carbonyl (C=O) groups is 2. The first-order valence-corrected chi connectivity index (χ1v) is 18.4. The van der Waals surface area contributed by atoms with E-state index in [0.717, 1.165) is 23.4 Å². The van der Waals surface area contributed by atoms with Crippen LogP contribution in [-0.4, -0.2) is 77.1 Å². The smallest absolute Gasteiger partial charge is 0.416 e. The Kier molecular flexibility index (Phi) is 13.4. The average Bonchev–Trinajstić information content (AvgIpc) is 3.66. The number of anilines is 1. The molecule has 2 aromatic carbocycles. The highest BCUT2D eigenvalue weighted by atomic mass is 19.4. The maximum absolute atomic E-state index is 15.7. The molecule has 2 N–H and O–H groups in total. The number of nitrogens with zero attached hydrogens (tertiary/aromatic N) is 4. The Morgan fingerprint density at radius 1 is 1.07 bits per heavy atom. The van der Waals surface area contributed by atoms with E-state index in [4.69, 9.17) is 9.47 Å². The number of aliphatic hydroxyl groups excluding tert-OH is 1. The van der Waals surface area contributed by atoms with Crippen LogP contribution in [0.25, 0.3) is 11.3 Å². The second-order valence-electron chi connectivity index (χ2n) is 14.2. The molecule has 1 fully saturated rings. The monoisotopic (exact) mass is 819 g/mol. The number of aliphatic hydroxyl groups is 1. The maximum atomic E-state index is 15.7. The molecule has 2 heterocycles. The summed E-state index contributed by atoms with van der Waals surface area (Å²) in [7, 11) is 3.36. The summed E-state index contributed by atoms with van der Waals surface area (Å²) in [5.41, 5.74) is -5.49. The summed E-state index contributed by atoms with van der Waals surface area (Å²) in [6, 6.07) is 4.60. The summed E-state index contributed by atoms with van der Waals surface area (Å²) >= 11 is 0. The predicted octanol–water partition coefficient (Wildman–Crippen LogP) is 8.63. The predicted molar refractivity (Wildman–Crippen MR) is 201 cm³/mol. The van der Waals surface area contributed by atoms with E-state index in [2.05, 4.69) is 21.9 Å². The molecule has 1 aromatic heterocycles. The van der Waals surface area contributed by atoms with E-state index >= 15 is 17.6 Å². The first-order valence-electron chi connectivity index (χ1n) is 18.4. The molecule has 17 heteroatoms. The highest BCUT2D eigenvalue weighted by molar-refractivity contribution is 6.24. The number of hydrogen-bond donors (Lipinski definition) is 2. The summed E-state index contributed by atoms with van der Waals surface area (Å²) in [6.45, 7) is 7.02. The molecule has 0 bridgehead atoms. The lowest BCUT2D eigenvalue weighted by Gasteiger charge is -2.43. The zero-order valence-electron chi connectivity index (χ0n) is 32.4. The van der Waals surface area contributed by atoms with Gasteiger partial charge in [0, 0.05) is 49.0 Å². The average molecular weight is 820 g/mol. The number of carbonyl (C=O) groups excluding carboxylic acids is 2. The fourth-order valence-electron chi connectivity index (χ4n) is 7.45. The lowest BCUT2D eigenvalue weighted by atomic mass is 9.74. The molecule has 0 unspecified atom stereocenters. The van der Waals surface area contributed by atoms with Crippen molar-refractivity contribution in [1.82, 2.24) is 19.8 Å². The Labute approximate surface area is 331 Å². The standard InChI is InChI=1S/C41H44F7N5O5/c1-6-14-40(44,45)35-24(3)34(49-23-50-35)27-21-26(41(46,47)48)11-12-28(27)51-37(55)31-36(54)39(15-8-9-16-39)30(7-2)53(38(31)56)22-25-10-13-29(33(43)32(25)42)58-20-18-52(4)17-19-57-5/h6-7,10-13,21,23,54H,1,8-9,14-20,22H2,2-5H3,(H,51,55)/b30-7+. The van der Waals surface area contributed by atoms with Crippen molar-refractivity contribution >= 4 is 17.5 Å². The van der Waals surface area contributed by atoms with Crippen molar-refractivity contribution in [1.29, 1.82) is 0 Å². The van der Waals surface area contributed by atoms with Crippen LogP contribution in [0.3, 0.4) is 0 Å². The minimum absolute atomic E-state index is 0.0364. The van der Waals surface area contributed by atoms with E-state index in [9.17, 15) is 27.9 Å². The maximum Gasteiger partial charge on any atom is 0.416 e. The number of amides is 2. The van der Waals surface area contributed by atoms with Gasteiger partial charge >= 0.3 is 6.18 Å². The summed E-state index contributed by atoms with van der Waals surface area (Å²) in [4.78, 5) is 39.2. The number of hydrogen-bond acceptors (Lipinski definition) is 8. The summed E-state index contributed by atoms with van der Waals surface area (Å²) in [6.07, 6.45) is -0.781. The highest BCUT2D eigenvalue weighted by Crippen LogP contribution is 2.54. The minimum Gasteiger partial charge on any atom is -0.510 e. The van der Waals surface area contributed by atoms with E-state index < -0.39 is 82.1 Å². The Balaban J connectivity index is 1.53. The van der Waals surface area contributed by atoms with E-state index in [0.29, 0.717) is 44.7 Å². The molecule has 312 valence electrons. The summed E-state index contributed by atoms with van der Waals surface area (Å²) < 4.78 is 114. The van der Waals surface area contributed by atoms with Crippen LogP contribution >= 0.6 is 0 Å². The molecular formula is C41H44F7N5O5. The molecule has 3 aromatic rings. The third-order valence-electron chi connectivity index (χ3n) is 10.4. The van der Waals surface area contributed by atoms with E-state index in [1.165, 1.54) is 19.1 Å². The largest absolute Gasteiger partial charge is 0.510 e. The number of methoxy groups -OCH3 is 1. The van der Waals surface area contributed by atoms with Crippen LogP contribution in [0.4, 0.5) is 36.4 Å². The van der Waals surface area contributed by atoms with Gasteiger partial charge in [0.05, 0.1) is 35.5 Å². The fraction of sp³-hybridized carbons (Fsp3) is 0.415. The Bertz CT molecular complexity index is 2110. The zero-order valence-corrected chi connectivity index (χ0v) is 32.4. The van der Waals surface area contributed by atoms with Crippen LogP contribution < -0.4 is 10.1 Å². The van der Waals surface area contributed by atoms with Crippen molar-refractivity contribution in [3.05, 3.63) is 106 Å². The zero-order chi connectivity index (χ0) is 42.6. The van der Waals surface area contributed by atoms with Gasteiger partial charge < -0.3 is 29.7 Å². The molecule has 2 aliphatic rings. The molecule has 2 amide bonds. The third kappa shape index (κ3) is 8.74. The van der Waals surface area contributed by atoms with Gasteiger partial charge in [-0.3, -0.25) is 9.59 Å². The molecule has 1 spiro atoms. The first kappa shape index (κ1) is 43.8. The Morgan fingerprint density at radius 2 is 1.76 bits per heavy atom. The van der Waals surface area contributed by atoms with Crippen LogP contribution in [0.1, 0.15) is 61.4 Å². The van der Waals surface area contributed by atoms with Crippen molar-refractivity contribution < 1.29 is 54.9 Å². The van der Waals surface area contributed by atoms with Gasteiger partial charge in [-0.05, 0) is 58.0 Å². The summed E-state index contributed by atoms with van der Waals surface area (Å²) in [5, 5.41) is 14.2. The topological polar surface area (TPSA) is 117 Å². The SMILES string of the molecule is C=CCC(F)(F)c1ncnc(-c2cc(C(F)(F)F)ccc2NC(=O)C2=C(O)C3(CCCC3)/C(=C\C)N(Cc3ccc(OCCN(C)CCOC)c(F)c3F)C2=O)c1C. The lowest BCUT2D eigenvalue weighted by molar-refractivity contribution is -0.137. The van der Waals surface area contributed by atoms with Crippen LogP contribution in [0.2, 0.25) is 0 Å². The quantitative estimate of drug-likeness (QED) is 0.0890. The van der Waals surface area contributed by atoms with Crippen LogP contribution in [0.5, 0.6) is 5.75 Å². The molecule has 10 nitrogen and oxygen atoms in total. The molecule has 0 radical (unpaired) electrons. The van der Waals surface area contributed by atoms with Gasteiger partial charge in [0.25, 0.3) is 17.7 Å². The number of likely N-dealkylation sites (N-methyl/N-ethyl adjacent to an activating group) is 1. The van der Waals surface area contributed by atoms with E-state index in [1.807, 2.05) is 4.90 Å². The Hall–Kier alpha value is -5.29. The second-order valence-corrected chi connectivity index (χ2v) is 14.2. The number of allylic oxidation sites excluding steroid dienone is 2. The van der Waals surface area contributed by atoms with Gasteiger partial charge in [-0.1, -0.05) is 31.1 Å². The third-order valence-corrected chi connectivity index (χ3v) is 10.4. The minimum atomic E-state index is -4.90. The Morgan fingerprint density at radius 3 is 2.40 bits per heavy atom. The van der Waals surface area contributed by atoms with E-state index in [1.54, 1.807) is 27.2 Å². The number of alkyl halides is 5. The number of benzene rings is 2. The lowest BCUT2D eigenvalue weighted by Crippen LogP contribution is -2.47. The molecule has 5 rings (SSSR count). The van der Waals surface area contributed by atoms with Gasteiger partial charge in [-0.25, -0.2) is 14.4 Å². The normalized spacial score (nSPS) is 16.5. The number of aromatic nitrogens is 2. The van der Waals surface area contributed by atoms with Crippen molar-refractivity contribution in [2.24, 2.45) is 5.41 Å². The van der Waals surface area contributed by atoms with Gasteiger partial charge in [-0.2, -0.15) is 26.3 Å². The second kappa shape index (κ2) is 17.7. The van der Waals surface area contributed by atoms with Crippen molar-refractivity contribution in [2.45, 2.75) is 64.6 Å². The number of rotatable bonds is 15. The first-order chi connectivity index (χ1) is 27.4. The van der Waals surface area contributed by atoms with Crippen molar-refractivity contribution in [3.8, 4) is 17.0 Å². The molecular weight excluding hydrogens is 775 g/mol.